The first-order valence-electron chi connectivity index (χ1n) is 15.5. The van der Waals surface area contributed by atoms with Crippen molar-refractivity contribution < 1.29 is 23.4 Å². The molecule has 3 fully saturated rings. The lowest BCUT2D eigenvalue weighted by molar-refractivity contribution is -0.339. The molecule has 2 saturated carbocycles. The second-order valence-corrected chi connectivity index (χ2v) is 23.9. The van der Waals surface area contributed by atoms with Crippen LogP contribution in [0, 0.1) is 17.8 Å². The summed E-state index contributed by atoms with van der Waals surface area (Å²) in [6.45, 7) is 17.3. The Labute approximate surface area is 254 Å². The highest BCUT2D eigenvalue weighted by molar-refractivity contribution is 6.70. The minimum atomic E-state index is -2.09. The summed E-state index contributed by atoms with van der Waals surface area (Å²) in [6, 6.07) is 14.1. The van der Waals surface area contributed by atoms with Crippen LogP contribution in [0.25, 0.3) is 0 Å². The fourth-order valence-corrected chi connectivity index (χ4v) is 9.09. The van der Waals surface area contributed by atoms with Gasteiger partial charge in [-0.15, -0.1) is 0 Å². The van der Waals surface area contributed by atoms with Gasteiger partial charge in [-0.3, -0.25) is 0 Å². The molecule has 3 aliphatic rings. The van der Waals surface area contributed by atoms with Crippen LogP contribution in [-0.2, 0) is 25.8 Å². The highest BCUT2D eigenvalue weighted by Crippen LogP contribution is 2.52. The van der Waals surface area contributed by atoms with Crippen LogP contribution in [0.3, 0.4) is 0 Å². The van der Waals surface area contributed by atoms with Gasteiger partial charge in [-0.2, -0.15) is 0 Å². The van der Waals surface area contributed by atoms with Crippen LogP contribution in [-0.4, -0.2) is 46.2 Å². The number of hydrogen-bond acceptors (Lipinski definition) is 5. The van der Waals surface area contributed by atoms with Crippen LogP contribution in [0.2, 0.25) is 44.3 Å². The second-order valence-electron chi connectivity index (χ2n) is 14.6. The summed E-state index contributed by atoms with van der Waals surface area (Å²) < 4.78 is 26.4. The van der Waals surface area contributed by atoms with E-state index in [1.54, 1.807) is 0 Å². The fraction of sp³-hybridized carbons (Fsp3) is 0.636. The first-order valence-corrected chi connectivity index (χ1v) is 22.6. The van der Waals surface area contributed by atoms with Crippen molar-refractivity contribution in [3.8, 4) is 5.75 Å². The van der Waals surface area contributed by atoms with Crippen molar-refractivity contribution in [2.45, 2.75) is 115 Å². The Morgan fingerprint density at radius 3 is 2.15 bits per heavy atom. The van der Waals surface area contributed by atoms with Crippen LogP contribution in [0.15, 0.2) is 42.5 Å². The summed E-state index contributed by atoms with van der Waals surface area (Å²) in [7, 11) is -4.05. The van der Waals surface area contributed by atoms with Gasteiger partial charge in [0.05, 0.1) is 18.3 Å². The van der Waals surface area contributed by atoms with Crippen molar-refractivity contribution in [2.24, 2.45) is 17.8 Å². The van der Waals surface area contributed by atoms with Crippen molar-refractivity contribution >= 4 is 28.2 Å². The third-order valence-electron chi connectivity index (χ3n) is 8.77. The topological polar surface area (TPSA) is 57.2 Å². The van der Waals surface area contributed by atoms with E-state index in [0.717, 1.165) is 35.1 Å². The summed E-state index contributed by atoms with van der Waals surface area (Å²) in [5.41, 5.74) is 2.73. The molecule has 41 heavy (non-hydrogen) atoms. The van der Waals surface area contributed by atoms with E-state index in [1.807, 2.05) is 18.2 Å². The van der Waals surface area contributed by atoms with Gasteiger partial charge in [-0.25, -0.2) is 0 Å². The first-order chi connectivity index (χ1) is 19.1. The van der Waals surface area contributed by atoms with E-state index in [4.69, 9.17) is 29.9 Å². The maximum atomic E-state index is 12.5. The number of aliphatic hydroxyl groups is 1. The number of fused-ring (bicyclic) bond motifs is 1. The Morgan fingerprint density at radius 2 is 1.56 bits per heavy atom. The van der Waals surface area contributed by atoms with Crippen molar-refractivity contribution in [1.82, 2.24) is 0 Å². The summed E-state index contributed by atoms with van der Waals surface area (Å²) in [5.74, 6) is 1.16. The zero-order valence-electron chi connectivity index (χ0n) is 26.1. The van der Waals surface area contributed by atoms with Gasteiger partial charge in [0.2, 0.25) is 5.79 Å². The molecule has 1 aliphatic heterocycles. The molecular weight excluding hydrogens is 568 g/mol. The molecule has 2 aromatic carbocycles. The molecule has 0 aromatic heterocycles. The van der Waals surface area contributed by atoms with Crippen LogP contribution in [0.4, 0.5) is 0 Å². The minimum absolute atomic E-state index is 0.0795. The number of halogens is 1. The lowest BCUT2D eigenvalue weighted by Crippen LogP contribution is -2.64. The second kappa shape index (κ2) is 11.7. The van der Waals surface area contributed by atoms with Crippen LogP contribution in [0.1, 0.15) is 56.2 Å². The molecule has 0 spiro atoms. The average molecular weight is 617 g/mol. The first kappa shape index (κ1) is 31.2. The molecule has 2 aromatic rings. The van der Waals surface area contributed by atoms with Gasteiger partial charge in [0, 0.05) is 16.5 Å². The van der Waals surface area contributed by atoms with Crippen LogP contribution < -0.4 is 4.74 Å². The Balaban J connectivity index is 1.41. The summed E-state index contributed by atoms with van der Waals surface area (Å²) in [5, 5.41) is 13.1. The number of benzene rings is 2. The van der Waals surface area contributed by atoms with Crippen molar-refractivity contribution in [1.29, 1.82) is 0 Å². The largest absolute Gasteiger partial charge is 0.490 e. The smallest absolute Gasteiger partial charge is 0.221 e. The molecule has 0 amide bonds. The summed E-state index contributed by atoms with van der Waals surface area (Å²) in [6.07, 6.45) is 4.47. The lowest BCUT2D eigenvalue weighted by Gasteiger charge is -2.53. The number of hydrogen-bond donors (Lipinski definition) is 1. The van der Waals surface area contributed by atoms with Crippen molar-refractivity contribution in [2.75, 3.05) is 0 Å². The number of ether oxygens (including phenoxy) is 2. The van der Waals surface area contributed by atoms with Crippen molar-refractivity contribution in [3.63, 3.8) is 0 Å². The standard InChI is InChI=1S/C33H49ClO5Si2/c1-9-30-21(2)31(38-40(3,4)5)32(39-41(6,7)8)33(35,37-30)26-12-15-29(34)25(18-26)16-22-10-13-27(14-11-22)36-28-19-23-17-24(23)20-28/h10-15,18,21,23-24,28,30-32,35H,9,16-17,19-20H2,1-8H3/t21-,23-,24+,28?,30-,31+,32-,33?/m1/s1. The van der Waals surface area contributed by atoms with E-state index in [0.29, 0.717) is 23.1 Å². The highest BCUT2D eigenvalue weighted by Gasteiger charge is 2.56. The van der Waals surface area contributed by atoms with E-state index in [9.17, 15) is 5.11 Å². The van der Waals surface area contributed by atoms with E-state index in [1.165, 1.54) is 19.3 Å². The molecule has 0 bridgehead atoms. The van der Waals surface area contributed by atoms with Gasteiger partial charge in [-0.1, -0.05) is 43.6 Å². The molecule has 1 heterocycles. The molecule has 8 atom stereocenters. The Bertz CT molecular complexity index is 1200. The van der Waals surface area contributed by atoms with Gasteiger partial charge in [0.15, 0.2) is 16.6 Å². The predicted molar refractivity (Wildman–Crippen MR) is 171 cm³/mol. The lowest BCUT2D eigenvalue weighted by atomic mass is 9.82. The molecule has 226 valence electrons. The fourth-order valence-electron chi connectivity index (χ4n) is 6.69. The van der Waals surface area contributed by atoms with E-state index in [-0.39, 0.29) is 18.1 Å². The third-order valence-corrected chi connectivity index (χ3v) is 11.1. The molecule has 1 saturated heterocycles. The van der Waals surface area contributed by atoms with E-state index < -0.39 is 28.5 Å². The molecule has 2 aliphatic carbocycles. The van der Waals surface area contributed by atoms with E-state index >= 15 is 0 Å². The average Bonchev–Trinajstić information content (AvgIpc) is 3.50. The number of rotatable bonds is 10. The minimum Gasteiger partial charge on any atom is -0.490 e. The molecule has 5 nitrogen and oxygen atoms in total. The SMILES string of the molecule is CC[C@H]1OC(O)(c2ccc(Cl)c(Cc3ccc(OC4C[C@@H]5C[C@@H]5C4)cc3)c2)[C@H](O[Si](C)(C)C)[C@@H](O[Si](C)(C)C)[C@@H]1C. The van der Waals surface area contributed by atoms with Crippen LogP contribution in [0.5, 0.6) is 5.75 Å². The molecule has 2 unspecified atom stereocenters. The third kappa shape index (κ3) is 7.31. The van der Waals surface area contributed by atoms with E-state index in [2.05, 4.69) is 77.4 Å². The Morgan fingerprint density at radius 1 is 0.927 bits per heavy atom. The zero-order chi connectivity index (χ0) is 29.7. The van der Waals surface area contributed by atoms with Gasteiger partial charge in [0.25, 0.3) is 0 Å². The Hall–Kier alpha value is -1.20. The monoisotopic (exact) mass is 616 g/mol. The van der Waals surface area contributed by atoms with Crippen LogP contribution >= 0.6 is 11.6 Å². The molecule has 1 N–H and O–H groups in total. The summed E-state index contributed by atoms with van der Waals surface area (Å²) in [4.78, 5) is 0. The van der Waals surface area contributed by atoms with Crippen molar-refractivity contribution in [3.05, 3.63) is 64.2 Å². The molecule has 8 heteroatoms. The van der Waals surface area contributed by atoms with Gasteiger partial charge >= 0.3 is 0 Å². The Kier molecular flexibility index (Phi) is 8.92. The summed E-state index contributed by atoms with van der Waals surface area (Å²) >= 11 is 6.74. The predicted octanol–water partition coefficient (Wildman–Crippen LogP) is 8.14. The molecule has 5 rings (SSSR count). The maximum absolute atomic E-state index is 12.5. The molecular formula is C33H49ClO5Si2. The van der Waals surface area contributed by atoms with Gasteiger partial charge < -0.3 is 23.4 Å². The molecule has 0 radical (unpaired) electrons. The maximum Gasteiger partial charge on any atom is 0.221 e. The quantitative estimate of drug-likeness (QED) is 0.273. The highest BCUT2D eigenvalue weighted by atomic mass is 35.5. The van der Waals surface area contributed by atoms with Gasteiger partial charge in [-0.05, 0) is 119 Å². The normalized spacial score (nSPS) is 33.5. The van der Waals surface area contributed by atoms with Gasteiger partial charge in [0.1, 0.15) is 11.9 Å². The zero-order valence-corrected chi connectivity index (χ0v) is 28.8.